The van der Waals surface area contributed by atoms with Crippen LogP contribution in [0.15, 0.2) is 0 Å². The van der Waals surface area contributed by atoms with E-state index in [1.54, 1.807) is 11.9 Å². The number of rotatable bonds is 3. The summed E-state index contributed by atoms with van der Waals surface area (Å²) < 4.78 is 4.94. The summed E-state index contributed by atoms with van der Waals surface area (Å²) in [5.41, 5.74) is 0. The predicted octanol–water partition coefficient (Wildman–Crippen LogP) is 1.73. The van der Waals surface area contributed by atoms with Crippen LogP contribution in [0.1, 0.15) is 20.8 Å². The van der Waals surface area contributed by atoms with Gasteiger partial charge in [0.05, 0.1) is 6.61 Å². The molecule has 3 nitrogen and oxygen atoms in total. The van der Waals surface area contributed by atoms with Crippen molar-refractivity contribution < 1.29 is 9.53 Å². The molecule has 0 heterocycles. The zero-order valence-electron chi connectivity index (χ0n) is 7.76. The molecule has 0 aliphatic rings. The van der Waals surface area contributed by atoms with Gasteiger partial charge in [-0.1, -0.05) is 13.8 Å². The molecule has 0 atom stereocenters. The number of hydrogen-bond acceptors (Lipinski definition) is 2. The van der Waals surface area contributed by atoms with Crippen LogP contribution in [0.2, 0.25) is 0 Å². The minimum Gasteiger partial charge on any atom is -0.449 e. The van der Waals surface area contributed by atoms with E-state index in [4.69, 9.17) is 4.74 Å². The molecule has 0 spiro atoms. The molecule has 66 valence electrons. The molecule has 3 heteroatoms. The SMILES string of the molecule is CCN(C)C(=O)OCC(C)C. The van der Waals surface area contributed by atoms with E-state index in [1.807, 2.05) is 20.8 Å². The Hall–Kier alpha value is -0.730. The zero-order chi connectivity index (χ0) is 8.85. The molecule has 0 aliphatic carbocycles. The van der Waals surface area contributed by atoms with Crippen molar-refractivity contribution in [2.45, 2.75) is 20.8 Å². The molecule has 1 amide bonds. The molecule has 0 N–H and O–H groups in total. The number of carbonyl (C=O) groups is 1. The number of ether oxygens (including phenoxy) is 1. The lowest BCUT2D eigenvalue weighted by molar-refractivity contribution is 0.101. The summed E-state index contributed by atoms with van der Waals surface area (Å²) >= 11 is 0. The first-order valence-electron chi connectivity index (χ1n) is 3.95. The molecule has 0 saturated heterocycles. The Bertz CT molecular complexity index is 123. The van der Waals surface area contributed by atoms with E-state index in [0.29, 0.717) is 19.1 Å². The van der Waals surface area contributed by atoms with Crippen LogP contribution in [0.3, 0.4) is 0 Å². The molecular weight excluding hydrogens is 142 g/mol. The van der Waals surface area contributed by atoms with Gasteiger partial charge in [-0.2, -0.15) is 0 Å². The number of nitrogens with zero attached hydrogens (tertiary/aromatic N) is 1. The number of carbonyl (C=O) groups excluding carboxylic acids is 1. The van der Waals surface area contributed by atoms with E-state index >= 15 is 0 Å². The van der Waals surface area contributed by atoms with Crippen LogP contribution in [-0.4, -0.2) is 31.2 Å². The summed E-state index contributed by atoms with van der Waals surface area (Å²) in [5, 5.41) is 0. The molecule has 0 unspecified atom stereocenters. The average Bonchev–Trinajstić information content (AvgIpc) is 1.98. The van der Waals surface area contributed by atoms with Gasteiger partial charge >= 0.3 is 6.09 Å². The topological polar surface area (TPSA) is 29.5 Å². The van der Waals surface area contributed by atoms with Crippen LogP contribution in [-0.2, 0) is 4.74 Å². The lowest BCUT2D eigenvalue weighted by Crippen LogP contribution is -2.28. The van der Waals surface area contributed by atoms with Gasteiger partial charge in [0.15, 0.2) is 0 Å². The Morgan fingerprint density at radius 3 is 2.45 bits per heavy atom. The maximum absolute atomic E-state index is 11.0. The molecule has 0 aromatic rings. The average molecular weight is 159 g/mol. The fraction of sp³-hybridized carbons (Fsp3) is 0.875. The molecule has 0 aromatic heterocycles. The Morgan fingerprint density at radius 2 is 2.09 bits per heavy atom. The first-order valence-corrected chi connectivity index (χ1v) is 3.95. The van der Waals surface area contributed by atoms with Gasteiger partial charge in [-0.3, -0.25) is 0 Å². The van der Waals surface area contributed by atoms with E-state index in [9.17, 15) is 4.79 Å². The van der Waals surface area contributed by atoms with Gasteiger partial charge in [-0.25, -0.2) is 4.79 Å². The van der Waals surface area contributed by atoms with Crippen molar-refractivity contribution in [1.29, 1.82) is 0 Å². The van der Waals surface area contributed by atoms with Crippen molar-refractivity contribution in [2.75, 3.05) is 20.2 Å². The van der Waals surface area contributed by atoms with Crippen molar-refractivity contribution in [3.8, 4) is 0 Å². The second-order valence-electron chi connectivity index (χ2n) is 2.98. The lowest BCUT2D eigenvalue weighted by atomic mass is 10.2. The normalized spacial score (nSPS) is 9.91. The van der Waals surface area contributed by atoms with Crippen LogP contribution in [0, 0.1) is 5.92 Å². The molecule has 0 fully saturated rings. The zero-order valence-corrected chi connectivity index (χ0v) is 7.76. The molecule has 0 bridgehead atoms. The monoisotopic (exact) mass is 159 g/mol. The summed E-state index contributed by atoms with van der Waals surface area (Å²) in [6, 6.07) is 0. The van der Waals surface area contributed by atoms with Crippen LogP contribution >= 0.6 is 0 Å². The molecule has 0 aliphatic heterocycles. The highest BCUT2D eigenvalue weighted by molar-refractivity contribution is 5.67. The van der Waals surface area contributed by atoms with Gasteiger partial charge < -0.3 is 9.64 Å². The summed E-state index contributed by atoms with van der Waals surface area (Å²) in [6.07, 6.45) is -0.235. The molecule has 0 aromatic carbocycles. The van der Waals surface area contributed by atoms with Crippen LogP contribution in [0.4, 0.5) is 4.79 Å². The summed E-state index contributed by atoms with van der Waals surface area (Å²) in [7, 11) is 1.72. The van der Waals surface area contributed by atoms with E-state index in [1.165, 1.54) is 0 Å². The third-order valence-electron chi connectivity index (χ3n) is 1.33. The van der Waals surface area contributed by atoms with Gasteiger partial charge in [-0.15, -0.1) is 0 Å². The Labute approximate surface area is 68.3 Å². The highest BCUT2D eigenvalue weighted by Crippen LogP contribution is 1.95. The van der Waals surface area contributed by atoms with Gasteiger partial charge in [0.2, 0.25) is 0 Å². The predicted molar refractivity (Wildman–Crippen MR) is 44.5 cm³/mol. The lowest BCUT2D eigenvalue weighted by Gasteiger charge is -2.15. The van der Waals surface area contributed by atoms with Gasteiger partial charge in [0.1, 0.15) is 0 Å². The van der Waals surface area contributed by atoms with E-state index in [0.717, 1.165) is 0 Å². The minimum atomic E-state index is -0.235. The first kappa shape index (κ1) is 10.3. The summed E-state index contributed by atoms with van der Waals surface area (Å²) in [4.78, 5) is 12.5. The smallest absolute Gasteiger partial charge is 0.409 e. The molecule has 0 radical (unpaired) electrons. The van der Waals surface area contributed by atoms with Crippen molar-refractivity contribution in [1.82, 2.24) is 4.90 Å². The van der Waals surface area contributed by atoms with Crippen LogP contribution in [0.25, 0.3) is 0 Å². The second kappa shape index (κ2) is 4.99. The van der Waals surface area contributed by atoms with Gasteiger partial charge in [0, 0.05) is 13.6 Å². The van der Waals surface area contributed by atoms with Gasteiger partial charge in [-0.05, 0) is 12.8 Å². The molecule has 0 rings (SSSR count). The minimum absolute atomic E-state index is 0.235. The number of amides is 1. The highest BCUT2D eigenvalue weighted by atomic mass is 16.6. The van der Waals surface area contributed by atoms with Crippen molar-refractivity contribution in [3.63, 3.8) is 0 Å². The Kier molecular flexibility index (Phi) is 4.66. The molecule has 0 saturated carbocycles. The Morgan fingerprint density at radius 1 is 1.55 bits per heavy atom. The fourth-order valence-corrected chi connectivity index (χ4v) is 0.477. The maximum atomic E-state index is 11.0. The van der Waals surface area contributed by atoms with Gasteiger partial charge in [0.25, 0.3) is 0 Å². The molecule has 11 heavy (non-hydrogen) atoms. The summed E-state index contributed by atoms with van der Waals surface area (Å²) in [5.74, 6) is 0.407. The fourth-order valence-electron chi connectivity index (χ4n) is 0.477. The largest absolute Gasteiger partial charge is 0.449 e. The second-order valence-corrected chi connectivity index (χ2v) is 2.98. The standard InChI is InChI=1S/C8H17NO2/c1-5-9(4)8(10)11-6-7(2)3/h7H,5-6H2,1-4H3. The van der Waals surface area contributed by atoms with E-state index in [-0.39, 0.29) is 6.09 Å². The number of hydrogen-bond donors (Lipinski definition) is 0. The first-order chi connectivity index (χ1) is 5.07. The molecular formula is C8H17NO2. The summed E-state index contributed by atoms with van der Waals surface area (Å²) in [6.45, 7) is 7.13. The third kappa shape index (κ3) is 4.65. The van der Waals surface area contributed by atoms with Crippen molar-refractivity contribution in [3.05, 3.63) is 0 Å². The van der Waals surface area contributed by atoms with Crippen LogP contribution < -0.4 is 0 Å². The highest BCUT2D eigenvalue weighted by Gasteiger charge is 2.07. The quantitative estimate of drug-likeness (QED) is 0.627. The maximum Gasteiger partial charge on any atom is 0.409 e. The van der Waals surface area contributed by atoms with E-state index < -0.39 is 0 Å². The van der Waals surface area contributed by atoms with E-state index in [2.05, 4.69) is 0 Å². The van der Waals surface area contributed by atoms with Crippen molar-refractivity contribution in [2.24, 2.45) is 5.92 Å². The Balaban J connectivity index is 3.52. The third-order valence-corrected chi connectivity index (χ3v) is 1.33. The van der Waals surface area contributed by atoms with Crippen LogP contribution in [0.5, 0.6) is 0 Å². The van der Waals surface area contributed by atoms with Crippen molar-refractivity contribution >= 4 is 6.09 Å².